The number of rotatable bonds is 1. The first-order valence-electron chi connectivity index (χ1n) is 6.56. The Kier molecular flexibility index (Phi) is 3.36. The first-order valence-corrected chi connectivity index (χ1v) is 6.56. The number of aliphatic hydroxyl groups excluding tert-OH is 1. The van der Waals surface area contributed by atoms with Crippen LogP contribution >= 0.6 is 0 Å². The van der Waals surface area contributed by atoms with Gasteiger partial charge < -0.3 is 10.0 Å². The van der Waals surface area contributed by atoms with Crippen molar-refractivity contribution in [1.82, 2.24) is 4.90 Å². The van der Waals surface area contributed by atoms with E-state index in [0.717, 1.165) is 13.0 Å². The van der Waals surface area contributed by atoms with E-state index in [-0.39, 0.29) is 11.5 Å². The van der Waals surface area contributed by atoms with Crippen molar-refractivity contribution >= 4 is 0 Å². The molecule has 1 saturated heterocycles. The average Bonchev–Trinajstić information content (AvgIpc) is 2.23. The van der Waals surface area contributed by atoms with E-state index < -0.39 is 0 Å². The van der Waals surface area contributed by atoms with Crippen LogP contribution in [0.25, 0.3) is 0 Å². The van der Waals surface area contributed by atoms with Gasteiger partial charge in [-0.2, -0.15) is 0 Å². The van der Waals surface area contributed by atoms with Crippen molar-refractivity contribution in [2.75, 3.05) is 13.1 Å². The van der Waals surface area contributed by atoms with Gasteiger partial charge in [-0.3, -0.25) is 0 Å². The first kappa shape index (κ1) is 11.4. The molecule has 2 fully saturated rings. The highest BCUT2D eigenvalue weighted by Crippen LogP contribution is 2.43. The minimum atomic E-state index is -0.0344. The predicted molar refractivity (Wildman–Crippen MR) is 62.9 cm³/mol. The van der Waals surface area contributed by atoms with E-state index in [0.29, 0.717) is 6.04 Å². The highest BCUT2D eigenvalue weighted by Gasteiger charge is 2.43. The smallest absolute Gasteiger partial charge is 0.0608 e. The van der Waals surface area contributed by atoms with Crippen LogP contribution in [0.15, 0.2) is 0 Å². The third kappa shape index (κ3) is 2.21. The van der Waals surface area contributed by atoms with E-state index in [1.807, 2.05) is 0 Å². The molecule has 0 aromatic carbocycles. The number of aliphatic hydroxyl groups is 1. The number of hydrogen-bond donors (Lipinski definition) is 1. The van der Waals surface area contributed by atoms with Gasteiger partial charge >= 0.3 is 0 Å². The van der Waals surface area contributed by atoms with Gasteiger partial charge in [0, 0.05) is 18.0 Å². The van der Waals surface area contributed by atoms with Crippen LogP contribution < -0.4 is 0 Å². The van der Waals surface area contributed by atoms with Crippen LogP contribution in [-0.2, 0) is 0 Å². The van der Waals surface area contributed by atoms with Gasteiger partial charge in [0.1, 0.15) is 0 Å². The maximum absolute atomic E-state index is 10.3. The number of piperidine rings is 1. The third-order valence-corrected chi connectivity index (χ3v) is 4.48. The topological polar surface area (TPSA) is 23.5 Å². The molecule has 0 bridgehead atoms. The molecule has 0 aromatic rings. The summed E-state index contributed by atoms with van der Waals surface area (Å²) in [6.45, 7) is 6.90. The Morgan fingerprint density at radius 1 is 1.20 bits per heavy atom. The summed E-state index contributed by atoms with van der Waals surface area (Å²) >= 11 is 0. The van der Waals surface area contributed by atoms with Gasteiger partial charge in [-0.1, -0.05) is 12.8 Å². The Bertz CT molecular complexity index is 213. The van der Waals surface area contributed by atoms with E-state index >= 15 is 0 Å². The Morgan fingerprint density at radius 3 is 2.60 bits per heavy atom. The van der Waals surface area contributed by atoms with E-state index in [1.165, 1.54) is 38.6 Å². The van der Waals surface area contributed by atoms with E-state index in [9.17, 15) is 5.11 Å². The molecule has 1 spiro atoms. The lowest BCUT2D eigenvalue weighted by molar-refractivity contribution is -0.0655. The van der Waals surface area contributed by atoms with Crippen LogP contribution in [0.4, 0.5) is 0 Å². The van der Waals surface area contributed by atoms with Gasteiger partial charge in [0.2, 0.25) is 0 Å². The molecule has 2 rings (SSSR count). The minimum Gasteiger partial charge on any atom is -0.393 e. The van der Waals surface area contributed by atoms with Gasteiger partial charge in [-0.15, -0.1) is 0 Å². The van der Waals surface area contributed by atoms with Crippen LogP contribution in [0, 0.1) is 5.41 Å². The Balaban J connectivity index is 2.06. The highest BCUT2D eigenvalue weighted by atomic mass is 16.3. The van der Waals surface area contributed by atoms with Gasteiger partial charge in [0.15, 0.2) is 0 Å². The van der Waals surface area contributed by atoms with Crippen molar-refractivity contribution in [3.8, 4) is 0 Å². The van der Waals surface area contributed by atoms with Crippen LogP contribution in [-0.4, -0.2) is 35.2 Å². The van der Waals surface area contributed by atoms with Gasteiger partial charge in [0.05, 0.1) is 6.10 Å². The Morgan fingerprint density at radius 2 is 1.93 bits per heavy atom. The lowest BCUT2D eigenvalue weighted by Crippen LogP contribution is -2.52. The fourth-order valence-corrected chi connectivity index (χ4v) is 3.40. The summed E-state index contributed by atoms with van der Waals surface area (Å²) in [6, 6.07) is 0.635. The molecular formula is C13H25NO. The second-order valence-corrected chi connectivity index (χ2v) is 5.79. The summed E-state index contributed by atoms with van der Waals surface area (Å²) in [6.07, 6.45) is 7.32. The second kappa shape index (κ2) is 4.42. The molecular weight excluding hydrogens is 186 g/mol. The van der Waals surface area contributed by atoms with Crippen molar-refractivity contribution < 1.29 is 5.11 Å². The van der Waals surface area contributed by atoms with Gasteiger partial charge in [-0.05, 0) is 46.1 Å². The summed E-state index contributed by atoms with van der Waals surface area (Å²) in [5, 5.41) is 10.3. The third-order valence-electron chi connectivity index (χ3n) is 4.48. The van der Waals surface area contributed by atoms with Gasteiger partial charge in [0.25, 0.3) is 0 Å². The fourth-order valence-electron chi connectivity index (χ4n) is 3.40. The van der Waals surface area contributed by atoms with Crippen molar-refractivity contribution in [2.45, 2.75) is 64.5 Å². The normalized spacial score (nSPS) is 38.8. The van der Waals surface area contributed by atoms with Crippen molar-refractivity contribution in [3.05, 3.63) is 0 Å². The maximum atomic E-state index is 10.3. The monoisotopic (exact) mass is 211 g/mol. The zero-order valence-corrected chi connectivity index (χ0v) is 10.2. The van der Waals surface area contributed by atoms with Crippen molar-refractivity contribution in [1.29, 1.82) is 0 Å². The zero-order chi connectivity index (χ0) is 10.9. The van der Waals surface area contributed by atoms with Crippen LogP contribution in [0.5, 0.6) is 0 Å². The molecule has 1 aliphatic carbocycles. The maximum Gasteiger partial charge on any atom is 0.0608 e. The summed E-state index contributed by atoms with van der Waals surface area (Å²) in [5.74, 6) is 0. The van der Waals surface area contributed by atoms with E-state index in [2.05, 4.69) is 18.7 Å². The molecule has 2 unspecified atom stereocenters. The molecule has 0 amide bonds. The van der Waals surface area contributed by atoms with Crippen molar-refractivity contribution in [3.63, 3.8) is 0 Å². The molecule has 0 aromatic heterocycles. The highest BCUT2D eigenvalue weighted by molar-refractivity contribution is 4.95. The SMILES string of the molecule is CC(C)N1CCCC2(CCCCC2O)C1. The predicted octanol–water partition coefficient (Wildman–Crippen LogP) is 2.41. The quantitative estimate of drug-likeness (QED) is 0.720. The molecule has 2 nitrogen and oxygen atoms in total. The minimum absolute atomic E-state index is 0.0344. The number of likely N-dealkylation sites (tertiary alicyclic amines) is 1. The molecule has 1 saturated carbocycles. The molecule has 0 radical (unpaired) electrons. The fraction of sp³-hybridized carbons (Fsp3) is 1.00. The molecule has 15 heavy (non-hydrogen) atoms. The van der Waals surface area contributed by atoms with Gasteiger partial charge in [-0.25, -0.2) is 0 Å². The molecule has 88 valence electrons. The molecule has 1 aliphatic heterocycles. The van der Waals surface area contributed by atoms with E-state index in [4.69, 9.17) is 0 Å². The first-order chi connectivity index (χ1) is 7.14. The number of hydrogen-bond acceptors (Lipinski definition) is 2. The molecule has 1 heterocycles. The largest absolute Gasteiger partial charge is 0.393 e. The molecule has 1 N–H and O–H groups in total. The van der Waals surface area contributed by atoms with Crippen LogP contribution in [0.2, 0.25) is 0 Å². The molecule has 2 atom stereocenters. The van der Waals surface area contributed by atoms with E-state index in [1.54, 1.807) is 0 Å². The molecule has 2 heteroatoms. The summed E-state index contributed by atoms with van der Waals surface area (Å²) in [5.41, 5.74) is 0.251. The number of nitrogens with zero attached hydrogens (tertiary/aromatic N) is 1. The second-order valence-electron chi connectivity index (χ2n) is 5.79. The lowest BCUT2D eigenvalue weighted by Gasteiger charge is -2.49. The molecule has 2 aliphatic rings. The van der Waals surface area contributed by atoms with Crippen LogP contribution in [0.1, 0.15) is 52.4 Å². The zero-order valence-electron chi connectivity index (χ0n) is 10.2. The Hall–Kier alpha value is -0.0800. The lowest BCUT2D eigenvalue weighted by atomic mass is 9.67. The van der Waals surface area contributed by atoms with Crippen LogP contribution in [0.3, 0.4) is 0 Å². The summed E-state index contributed by atoms with van der Waals surface area (Å²) in [4.78, 5) is 2.55. The average molecular weight is 211 g/mol. The summed E-state index contributed by atoms with van der Waals surface area (Å²) < 4.78 is 0. The summed E-state index contributed by atoms with van der Waals surface area (Å²) in [7, 11) is 0. The Labute approximate surface area is 93.7 Å². The van der Waals surface area contributed by atoms with Crippen molar-refractivity contribution in [2.24, 2.45) is 5.41 Å². The standard InChI is InChI=1S/C13H25NO/c1-11(2)14-9-5-8-13(10-14)7-4-3-6-12(13)15/h11-12,15H,3-10H2,1-2H3.